The van der Waals surface area contributed by atoms with Gasteiger partial charge in [0.05, 0.1) is 0 Å². The Hall–Kier alpha value is -3.66. The third-order valence-corrected chi connectivity index (χ3v) is 6.14. The summed E-state index contributed by atoms with van der Waals surface area (Å²) in [5, 5.41) is 12.1. The molecule has 0 spiro atoms. The van der Waals surface area contributed by atoms with Crippen LogP contribution in [0.1, 0.15) is 12.8 Å². The number of benzene rings is 2. The van der Waals surface area contributed by atoms with E-state index in [4.69, 9.17) is 14.2 Å². The lowest BCUT2D eigenvalue weighted by molar-refractivity contribution is -0.138. The minimum atomic E-state index is -0.556. The standard InChI is InChI=1S/C22H20N4O5S/c27-19(12-29-15-5-2-1-3-6-15)26-10-4-7-16(26)20(28)23-22-25-24-21(32-22)14-8-9-17-18(11-14)31-13-30-17/h1-3,5-6,8-9,11,16H,4,7,10,12-13H2,(H,23,25,28). The first-order chi connectivity index (χ1) is 15.7. The molecular weight excluding hydrogens is 432 g/mol. The van der Waals surface area contributed by atoms with Gasteiger partial charge < -0.3 is 19.1 Å². The summed E-state index contributed by atoms with van der Waals surface area (Å²) in [7, 11) is 0. The first-order valence-electron chi connectivity index (χ1n) is 10.2. The summed E-state index contributed by atoms with van der Waals surface area (Å²) >= 11 is 1.26. The summed E-state index contributed by atoms with van der Waals surface area (Å²) in [6, 6.07) is 14.1. The summed E-state index contributed by atoms with van der Waals surface area (Å²) in [5.41, 5.74) is 0.822. The fraction of sp³-hybridized carbons (Fsp3) is 0.273. The predicted molar refractivity (Wildman–Crippen MR) is 117 cm³/mol. The zero-order valence-corrected chi connectivity index (χ0v) is 17.8. The second kappa shape index (κ2) is 8.83. The van der Waals surface area contributed by atoms with E-state index in [1.54, 1.807) is 17.0 Å². The SMILES string of the molecule is O=C(Nc1nnc(-c2ccc3c(c2)OCO3)s1)C1CCCN1C(=O)COc1ccccc1. The molecule has 32 heavy (non-hydrogen) atoms. The molecular formula is C22H20N4O5S. The van der Waals surface area contributed by atoms with Crippen molar-refractivity contribution in [1.29, 1.82) is 0 Å². The van der Waals surface area contributed by atoms with Crippen LogP contribution in [-0.4, -0.2) is 52.9 Å². The van der Waals surface area contributed by atoms with Crippen molar-refractivity contribution in [3.05, 3.63) is 48.5 Å². The van der Waals surface area contributed by atoms with E-state index in [1.807, 2.05) is 36.4 Å². The average Bonchev–Trinajstić information content (AvgIpc) is 3.58. The molecule has 0 saturated carbocycles. The van der Waals surface area contributed by atoms with Crippen molar-refractivity contribution in [3.63, 3.8) is 0 Å². The van der Waals surface area contributed by atoms with Gasteiger partial charge in [0, 0.05) is 12.1 Å². The zero-order valence-electron chi connectivity index (χ0n) is 17.0. The van der Waals surface area contributed by atoms with Crippen LogP contribution >= 0.6 is 11.3 Å². The maximum Gasteiger partial charge on any atom is 0.261 e. The smallest absolute Gasteiger partial charge is 0.261 e. The molecule has 1 fully saturated rings. The van der Waals surface area contributed by atoms with Crippen LogP contribution in [0.5, 0.6) is 17.2 Å². The molecule has 2 aliphatic heterocycles. The number of likely N-dealkylation sites (tertiary alicyclic amines) is 1. The Kier molecular flexibility index (Phi) is 5.59. The third kappa shape index (κ3) is 4.22. The van der Waals surface area contributed by atoms with Gasteiger partial charge in [0.15, 0.2) is 18.1 Å². The van der Waals surface area contributed by atoms with Gasteiger partial charge in [0.2, 0.25) is 17.8 Å². The van der Waals surface area contributed by atoms with E-state index in [-0.39, 0.29) is 25.2 Å². The van der Waals surface area contributed by atoms with E-state index in [0.717, 1.165) is 12.0 Å². The first-order valence-corrected chi connectivity index (χ1v) is 11.0. The summed E-state index contributed by atoms with van der Waals surface area (Å²) in [5.74, 6) is 1.47. The van der Waals surface area contributed by atoms with Gasteiger partial charge in [-0.05, 0) is 43.2 Å². The van der Waals surface area contributed by atoms with E-state index in [2.05, 4.69) is 15.5 Å². The topological polar surface area (TPSA) is 103 Å². The number of aromatic nitrogens is 2. The number of anilines is 1. The molecule has 2 aromatic carbocycles. The van der Waals surface area contributed by atoms with E-state index in [0.29, 0.717) is 40.4 Å². The van der Waals surface area contributed by atoms with E-state index >= 15 is 0 Å². The number of para-hydroxylation sites is 1. The van der Waals surface area contributed by atoms with Crippen LogP contribution in [0.2, 0.25) is 0 Å². The van der Waals surface area contributed by atoms with E-state index < -0.39 is 6.04 Å². The Balaban J connectivity index is 1.21. The molecule has 10 heteroatoms. The maximum atomic E-state index is 12.9. The Morgan fingerprint density at radius 3 is 2.84 bits per heavy atom. The van der Waals surface area contributed by atoms with Gasteiger partial charge >= 0.3 is 0 Å². The van der Waals surface area contributed by atoms with Gasteiger partial charge in [-0.15, -0.1) is 10.2 Å². The number of amides is 2. The number of nitrogens with one attached hydrogen (secondary N) is 1. The molecule has 0 bridgehead atoms. The largest absolute Gasteiger partial charge is 0.484 e. The number of hydrogen-bond acceptors (Lipinski definition) is 8. The summed E-state index contributed by atoms with van der Waals surface area (Å²) in [6.07, 6.45) is 1.35. The molecule has 0 radical (unpaired) electrons. The fourth-order valence-corrected chi connectivity index (χ4v) is 4.43. The predicted octanol–water partition coefficient (Wildman–Crippen LogP) is 2.94. The van der Waals surface area contributed by atoms with Crippen LogP contribution < -0.4 is 19.5 Å². The zero-order chi connectivity index (χ0) is 21.9. The summed E-state index contributed by atoms with van der Waals surface area (Å²) in [6.45, 7) is 0.609. The van der Waals surface area contributed by atoms with Crippen molar-refractivity contribution in [3.8, 4) is 27.8 Å². The number of fused-ring (bicyclic) bond motifs is 1. The van der Waals surface area contributed by atoms with Crippen LogP contribution in [-0.2, 0) is 9.59 Å². The summed E-state index contributed by atoms with van der Waals surface area (Å²) < 4.78 is 16.3. The minimum Gasteiger partial charge on any atom is -0.484 e. The van der Waals surface area contributed by atoms with E-state index in [9.17, 15) is 9.59 Å². The summed E-state index contributed by atoms with van der Waals surface area (Å²) in [4.78, 5) is 27.1. The van der Waals surface area contributed by atoms with Crippen LogP contribution in [0.3, 0.4) is 0 Å². The number of carbonyl (C=O) groups is 2. The number of hydrogen-bond donors (Lipinski definition) is 1. The molecule has 2 amide bonds. The molecule has 0 aliphatic carbocycles. The Morgan fingerprint density at radius 2 is 1.97 bits per heavy atom. The van der Waals surface area contributed by atoms with Gasteiger partial charge in [-0.1, -0.05) is 29.5 Å². The van der Waals surface area contributed by atoms with Crippen LogP contribution in [0.4, 0.5) is 5.13 Å². The van der Waals surface area contributed by atoms with Crippen molar-refractivity contribution in [1.82, 2.24) is 15.1 Å². The number of carbonyl (C=O) groups excluding carboxylic acids is 2. The molecule has 3 heterocycles. The quantitative estimate of drug-likeness (QED) is 0.613. The molecule has 9 nitrogen and oxygen atoms in total. The number of nitrogens with zero attached hydrogens (tertiary/aromatic N) is 3. The lowest BCUT2D eigenvalue weighted by Crippen LogP contribution is -2.45. The molecule has 1 unspecified atom stereocenters. The molecule has 1 aromatic heterocycles. The Bertz CT molecular complexity index is 1140. The highest BCUT2D eigenvalue weighted by Crippen LogP contribution is 2.37. The van der Waals surface area contributed by atoms with Crippen molar-refractivity contribution >= 4 is 28.3 Å². The van der Waals surface area contributed by atoms with Gasteiger partial charge in [0.25, 0.3) is 5.91 Å². The average molecular weight is 452 g/mol. The molecule has 5 rings (SSSR count). The Morgan fingerprint density at radius 1 is 1.12 bits per heavy atom. The van der Waals surface area contributed by atoms with Crippen molar-refractivity contribution in [2.24, 2.45) is 0 Å². The van der Waals surface area contributed by atoms with Gasteiger partial charge in [0.1, 0.15) is 16.8 Å². The van der Waals surface area contributed by atoms with Crippen molar-refractivity contribution < 1.29 is 23.8 Å². The highest BCUT2D eigenvalue weighted by Gasteiger charge is 2.34. The normalized spacial score (nSPS) is 16.8. The molecule has 2 aliphatic rings. The van der Waals surface area contributed by atoms with Crippen LogP contribution in [0.25, 0.3) is 10.6 Å². The minimum absolute atomic E-state index is 0.110. The van der Waals surface area contributed by atoms with Gasteiger partial charge in [-0.25, -0.2) is 0 Å². The highest BCUT2D eigenvalue weighted by atomic mass is 32.1. The van der Waals surface area contributed by atoms with Crippen molar-refractivity contribution in [2.75, 3.05) is 25.3 Å². The Labute approximate surface area is 187 Å². The first kappa shape index (κ1) is 20.3. The lowest BCUT2D eigenvalue weighted by Gasteiger charge is -2.23. The monoisotopic (exact) mass is 452 g/mol. The molecule has 3 aromatic rings. The second-order valence-corrected chi connectivity index (χ2v) is 8.29. The number of rotatable bonds is 6. The fourth-order valence-electron chi connectivity index (χ4n) is 3.69. The molecule has 1 atom stereocenters. The molecule has 1 N–H and O–H groups in total. The third-order valence-electron chi connectivity index (χ3n) is 5.26. The highest BCUT2D eigenvalue weighted by molar-refractivity contribution is 7.18. The second-order valence-electron chi connectivity index (χ2n) is 7.32. The van der Waals surface area contributed by atoms with Crippen LogP contribution in [0.15, 0.2) is 48.5 Å². The molecule has 164 valence electrons. The van der Waals surface area contributed by atoms with Crippen LogP contribution in [0, 0.1) is 0 Å². The van der Waals surface area contributed by atoms with Gasteiger partial charge in [-0.2, -0.15) is 0 Å². The molecule has 1 saturated heterocycles. The van der Waals surface area contributed by atoms with Gasteiger partial charge in [-0.3, -0.25) is 14.9 Å². The maximum absolute atomic E-state index is 12.9. The lowest BCUT2D eigenvalue weighted by atomic mass is 10.2. The number of ether oxygens (including phenoxy) is 3. The van der Waals surface area contributed by atoms with Crippen molar-refractivity contribution in [2.45, 2.75) is 18.9 Å². The van der Waals surface area contributed by atoms with E-state index in [1.165, 1.54) is 11.3 Å².